The number of H-pyrrole nitrogens is 1. The topological polar surface area (TPSA) is 66.5 Å². The molecule has 0 bridgehead atoms. The summed E-state index contributed by atoms with van der Waals surface area (Å²) in [6.07, 6.45) is 10.5. The molecule has 0 aliphatic heterocycles. The molecule has 148 valence electrons. The van der Waals surface area contributed by atoms with Gasteiger partial charge in [-0.25, -0.2) is 9.97 Å². The van der Waals surface area contributed by atoms with E-state index in [9.17, 15) is 0 Å². The molecule has 1 aliphatic rings. The number of benzene rings is 1. The molecule has 0 spiro atoms. The monoisotopic (exact) mass is 377 g/mol. The lowest BCUT2D eigenvalue weighted by atomic mass is 9.93. The number of aryl methyl sites for hydroxylation is 1. The Morgan fingerprint density at radius 2 is 1.86 bits per heavy atom. The van der Waals surface area contributed by atoms with Crippen LogP contribution in [0.4, 0.5) is 11.6 Å². The quantitative estimate of drug-likeness (QED) is 0.501. The summed E-state index contributed by atoms with van der Waals surface area (Å²) in [6, 6.07) is 8.22. The van der Waals surface area contributed by atoms with E-state index in [1.54, 1.807) is 0 Å². The van der Waals surface area contributed by atoms with Gasteiger partial charge in [0.15, 0.2) is 5.82 Å². The van der Waals surface area contributed by atoms with Crippen LogP contribution in [0.5, 0.6) is 0 Å². The maximum absolute atomic E-state index is 5.06. The fourth-order valence-electron chi connectivity index (χ4n) is 4.27. The van der Waals surface area contributed by atoms with E-state index in [1.165, 1.54) is 49.8 Å². The predicted octanol–water partition coefficient (Wildman–Crippen LogP) is 6.05. The van der Waals surface area contributed by atoms with Crippen LogP contribution in [0.3, 0.4) is 0 Å². The molecule has 0 amide bonds. The molecule has 3 aromatic rings. The van der Waals surface area contributed by atoms with Gasteiger partial charge in [0.1, 0.15) is 11.6 Å². The zero-order chi connectivity index (χ0) is 19.3. The van der Waals surface area contributed by atoms with Crippen molar-refractivity contribution in [2.24, 2.45) is 0 Å². The molecule has 5 heteroatoms. The van der Waals surface area contributed by atoms with Crippen LogP contribution in [0.25, 0.3) is 10.9 Å². The molecule has 0 saturated carbocycles. The van der Waals surface area contributed by atoms with Crippen molar-refractivity contribution in [1.82, 2.24) is 20.2 Å². The van der Waals surface area contributed by atoms with Crippen molar-refractivity contribution in [3.05, 3.63) is 41.3 Å². The first kappa shape index (κ1) is 18.9. The van der Waals surface area contributed by atoms with Crippen LogP contribution in [0.2, 0.25) is 0 Å². The van der Waals surface area contributed by atoms with Crippen LogP contribution < -0.4 is 5.32 Å². The Kier molecular flexibility index (Phi) is 5.89. The number of para-hydroxylation sites is 1. The molecule has 2 N–H and O–H groups in total. The second-order valence-electron chi connectivity index (χ2n) is 7.93. The highest BCUT2D eigenvalue weighted by molar-refractivity contribution is 5.91. The van der Waals surface area contributed by atoms with Gasteiger partial charge in [0.05, 0.1) is 5.52 Å². The van der Waals surface area contributed by atoms with E-state index in [0.29, 0.717) is 5.92 Å². The number of hydrogen-bond donors (Lipinski definition) is 2. The Labute approximate surface area is 167 Å². The van der Waals surface area contributed by atoms with E-state index in [4.69, 9.17) is 9.97 Å². The van der Waals surface area contributed by atoms with Gasteiger partial charge in [0, 0.05) is 22.6 Å². The summed E-state index contributed by atoms with van der Waals surface area (Å²) in [7, 11) is 0. The SMILES string of the molecule is CCCCC(CCC)c1nc2c(c(Nc3n[nH]c4ccccc34)n1)CCCC2. The van der Waals surface area contributed by atoms with Crippen LogP contribution >= 0.6 is 0 Å². The van der Waals surface area contributed by atoms with Crippen molar-refractivity contribution < 1.29 is 0 Å². The van der Waals surface area contributed by atoms with Crippen molar-refractivity contribution in [2.45, 2.75) is 77.6 Å². The molecule has 0 saturated heterocycles. The van der Waals surface area contributed by atoms with Crippen molar-refractivity contribution in [2.75, 3.05) is 5.32 Å². The number of fused-ring (bicyclic) bond motifs is 2. The summed E-state index contributed by atoms with van der Waals surface area (Å²) >= 11 is 0. The van der Waals surface area contributed by atoms with E-state index >= 15 is 0 Å². The Morgan fingerprint density at radius 1 is 1.00 bits per heavy atom. The van der Waals surface area contributed by atoms with Crippen molar-refractivity contribution in [3.8, 4) is 0 Å². The number of rotatable bonds is 8. The van der Waals surface area contributed by atoms with Gasteiger partial charge in [-0.15, -0.1) is 0 Å². The third-order valence-electron chi connectivity index (χ3n) is 5.82. The Hall–Kier alpha value is -2.43. The average Bonchev–Trinajstić information content (AvgIpc) is 3.14. The third-order valence-corrected chi connectivity index (χ3v) is 5.82. The number of hydrogen-bond acceptors (Lipinski definition) is 4. The van der Waals surface area contributed by atoms with Crippen LogP contribution in [0, 0.1) is 0 Å². The minimum absolute atomic E-state index is 0.452. The number of aromatic nitrogens is 4. The van der Waals surface area contributed by atoms with Crippen LogP contribution in [0.1, 0.15) is 81.8 Å². The lowest BCUT2D eigenvalue weighted by molar-refractivity contribution is 0.512. The maximum Gasteiger partial charge on any atom is 0.161 e. The summed E-state index contributed by atoms with van der Waals surface area (Å²) in [6.45, 7) is 4.51. The highest BCUT2D eigenvalue weighted by Crippen LogP contribution is 2.33. The van der Waals surface area contributed by atoms with E-state index in [1.807, 2.05) is 12.1 Å². The minimum Gasteiger partial charge on any atom is -0.323 e. The lowest BCUT2D eigenvalue weighted by Crippen LogP contribution is -2.15. The molecule has 1 atom stereocenters. The standard InChI is InChI=1S/C23H31N5/c1-3-5-11-16(10-4-2)21-24-19-14-8-6-12-17(19)22(25-21)26-23-18-13-7-9-15-20(18)27-28-23/h7,9,13,15-16H,3-6,8,10-12,14H2,1-2H3,(H2,24,25,26,27,28). The first-order valence-corrected chi connectivity index (χ1v) is 10.9. The van der Waals surface area contributed by atoms with Gasteiger partial charge in [-0.1, -0.05) is 45.2 Å². The number of nitrogens with zero attached hydrogens (tertiary/aromatic N) is 3. The molecule has 28 heavy (non-hydrogen) atoms. The van der Waals surface area contributed by atoms with Gasteiger partial charge in [-0.2, -0.15) is 5.10 Å². The Bertz CT molecular complexity index is 930. The zero-order valence-corrected chi connectivity index (χ0v) is 17.1. The summed E-state index contributed by atoms with van der Waals surface area (Å²) in [4.78, 5) is 10.1. The summed E-state index contributed by atoms with van der Waals surface area (Å²) in [5, 5.41) is 12.3. The smallest absolute Gasteiger partial charge is 0.161 e. The largest absolute Gasteiger partial charge is 0.323 e. The second-order valence-corrected chi connectivity index (χ2v) is 7.93. The maximum atomic E-state index is 5.06. The lowest BCUT2D eigenvalue weighted by Gasteiger charge is -2.22. The van der Waals surface area contributed by atoms with Crippen molar-refractivity contribution in [1.29, 1.82) is 0 Å². The van der Waals surface area contributed by atoms with Gasteiger partial charge in [0.2, 0.25) is 0 Å². The number of nitrogens with one attached hydrogen (secondary N) is 2. The minimum atomic E-state index is 0.452. The fourth-order valence-corrected chi connectivity index (χ4v) is 4.27. The molecule has 2 aromatic heterocycles. The van der Waals surface area contributed by atoms with Gasteiger partial charge >= 0.3 is 0 Å². The molecule has 4 rings (SSSR count). The van der Waals surface area contributed by atoms with Crippen LogP contribution in [0.15, 0.2) is 24.3 Å². The summed E-state index contributed by atoms with van der Waals surface area (Å²) in [5.74, 6) is 3.30. The van der Waals surface area contributed by atoms with Crippen molar-refractivity contribution in [3.63, 3.8) is 0 Å². The Morgan fingerprint density at radius 3 is 2.71 bits per heavy atom. The van der Waals surface area contributed by atoms with Gasteiger partial charge < -0.3 is 5.32 Å². The van der Waals surface area contributed by atoms with E-state index in [2.05, 4.69) is 41.5 Å². The highest BCUT2D eigenvalue weighted by Gasteiger charge is 2.22. The first-order valence-electron chi connectivity index (χ1n) is 10.9. The first-order chi connectivity index (χ1) is 13.8. The third kappa shape index (κ3) is 3.89. The second kappa shape index (κ2) is 8.72. The van der Waals surface area contributed by atoms with Crippen molar-refractivity contribution >= 4 is 22.5 Å². The molecule has 1 aliphatic carbocycles. The summed E-state index contributed by atoms with van der Waals surface area (Å²) < 4.78 is 0. The average molecular weight is 378 g/mol. The molecular formula is C23H31N5. The van der Waals surface area contributed by atoms with Crippen LogP contribution in [-0.4, -0.2) is 20.2 Å². The molecule has 1 unspecified atom stereocenters. The normalized spacial score (nSPS) is 14.8. The van der Waals surface area contributed by atoms with Crippen LogP contribution in [-0.2, 0) is 12.8 Å². The van der Waals surface area contributed by atoms with E-state index in [0.717, 1.165) is 47.6 Å². The molecule has 1 aromatic carbocycles. The molecule has 0 fully saturated rings. The molecule has 2 heterocycles. The van der Waals surface area contributed by atoms with E-state index < -0.39 is 0 Å². The number of anilines is 2. The van der Waals surface area contributed by atoms with Gasteiger partial charge in [0.25, 0.3) is 0 Å². The van der Waals surface area contributed by atoms with E-state index in [-0.39, 0.29) is 0 Å². The van der Waals surface area contributed by atoms with Gasteiger partial charge in [-0.3, -0.25) is 5.10 Å². The fraction of sp³-hybridized carbons (Fsp3) is 0.522. The number of aromatic amines is 1. The molecule has 5 nitrogen and oxygen atoms in total. The molecule has 0 radical (unpaired) electrons. The Balaban J connectivity index is 1.72. The summed E-state index contributed by atoms with van der Waals surface area (Å²) in [5.41, 5.74) is 3.57. The predicted molar refractivity (Wildman–Crippen MR) is 115 cm³/mol. The number of unbranched alkanes of at least 4 members (excludes halogenated alkanes) is 1. The zero-order valence-electron chi connectivity index (χ0n) is 17.1. The van der Waals surface area contributed by atoms with Gasteiger partial charge in [-0.05, 0) is 50.7 Å². The highest BCUT2D eigenvalue weighted by atomic mass is 15.2. The molecular weight excluding hydrogens is 346 g/mol.